The number of nitrogens with zero attached hydrogens (tertiary/aromatic N) is 3. The van der Waals surface area contributed by atoms with Gasteiger partial charge < -0.3 is 9.67 Å². The molecule has 0 aliphatic carbocycles. The third-order valence-electron chi connectivity index (χ3n) is 2.10. The van der Waals surface area contributed by atoms with Gasteiger partial charge in [0.25, 0.3) is 0 Å². The molecule has 2 rings (SSSR count). The Hall–Kier alpha value is -1.56. The first-order valence-electron chi connectivity index (χ1n) is 4.23. The van der Waals surface area contributed by atoms with Gasteiger partial charge in [0, 0.05) is 13.2 Å². The van der Waals surface area contributed by atoms with Crippen LogP contribution in [0.3, 0.4) is 0 Å². The molecule has 0 radical (unpaired) electrons. The fraction of sp³-hybridized carbons (Fsp3) is 0.222. The fourth-order valence-corrected chi connectivity index (χ4v) is 1.90. The molecule has 78 valence electrons. The SMILES string of the molecule is CSc1nc2cc(C(=O)O)cnc2n1C. The lowest BCUT2D eigenvalue weighted by atomic mass is 10.3. The monoisotopic (exact) mass is 223 g/mol. The van der Waals surface area contributed by atoms with Crippen molar-refractivity contribution < 1.29 is 9.90 Å². The Balaban J connectivity index is 2.68. The molecular weight excluding hydrogens is 214 g/mol. The highest BCUT2D eigenvalue weighted by molar-refractivity contribution is 7.98. The number of thioether (sulfide) groups is 1. The van der Waals surface area contributed by atoms with Crippen molar-refractivity contribution in [3.8, 4) is 0 Å². The molecular formula is C9H9N3O2S. The van der Waals surface area contributed by atoms with E-state index in [1.807, 2.05) is 17.9 Å². The van der Waals surface area contributed by atoms with Crippen LogP contribution in [0.15, 0.2) is 17.4 Å². The fourth-order valence-electron chi connectivity index (χ4n) is 1.35. The highest BCUT2D eigenvalue weighted by Crippen LogP contribution is 2.19. The minimum absolute atomic E-state index is 0.160. The summed E-state index contributed by atoms with van der Waals surface area (Å²) in [7, 11) is 1.86. The van der Waals surface area contributed by atoms with Crippen LogP contribution in [0.4, 0.5) is 0 Å². The Kier molecular flexibility index (Phi) is 2.36. The van der Waals surface area contributed by atoms with Crippen LogP contribution < -0.4 is 0 Å². The molecule has 0 spiro atoms. The lowest BCUT2D eigenvalue weighted by Crippen LogP contribution is -1.98. The zero-order chi connectivity index (χ0) is 11.0. The molecule has 2 aromatic rings. The number of aryl methyl sites for hydroxylation is 1. The summed E-state index contributed by atoms with van der Waals surface area (Å²) in [6.07, 6.45) is 3.26. The van der Waals surface area contributed by atoms with E-state index in [9.17, 15) is 4.79 Å². The van der Waals surface area contributed by atoms with Gasteiger partial charge in [-0.05, 0) is 12.3 Å². The van der Waals surface area contributed by atoms with Gasteiger partial charge >= 0.3 is 5.97 Å². The van der Waals surface area contributed by atoms with Gasteiger partial charge in [-0.2, -0.15) is 0 Å². The van der Waals surface area contributed by atoms with E-state index >= 15 is 0 Å². The van der Waals surface area contributed by atoms with Gasteiger partial charge in [0.1, 0.15) is 5.52 Å². The normalized spacial score (nSPS) is 10.8. The van der Waals surface area contributed by atoms with E-state index in [1.54, 1.807) is 0 Å². The summed E-state index contributed by atoms with van der Waals surface area (Å²) < 4.78 is 1.84. The van der Waals surface area contributed by atoms with Gasteiger partial charge in [-0.25, -0.2) is 14.8 Å². The number of imidazole rings is 1. The largest absolute Gasteiger partial charge is 0.478 e. The minimum Gasteiger partial charge on any atom is -0.478 e. The first kappa shape index (κ1) is 9.97. The summed E-state index contributed by atoms with van der Waals surface area (Å²) in [6.45, 7) is 0. The van der Waals surface area contributed by atoms with Crippen LogP contribution in [0.1, 0.15) is 10.4 Å². The smallest absolute Gasteiger partial charge is 0.337 e. The second-order valence-electron chi connectivity index (χ2n) is 3.03. The Morgan fingerprint density at radius 1 is 1.60 bits per heavy atom. The van der Waals surface area contributed by atoms with E-state index in [4.69, 9.17) is 5.11 Å². The van der Waals surface area contributed by atoms with Crippen LogP contribution in [0.25, 0.3) is 11.2 Å². The van der Waals surface area contributed by atoms with Crippen molar-refractivity contribution in [1.29, 1.82) is 0 Å². The van der Waals surface area contributed by atoms with Crippen LogP contribution in [0.5, 0.6) is 0 Å². The van der Waals surface area contributed by atoms with Gasteiger partial charge in [-0.15, -0.1) is 0 Å². The summed E-state index contributed by atoms with van der Waals surface area (Å²) in [5.74, 6) is -0.985. The second-order valence-corrected chi connectivity index (χ2v) is 3.80. The summed E-state index contributed by atoms with van der Waals surface area (Å²) in [6, 6.07) is 1.53. The number of hydrogen-bond donors (Lipinski definition) is 1. The molecule has 2 aromatic heterocycles. The van der Waals surface area contributed by atoms with E-state index < -0.39 is 5.97 Å². The third kappa shape index (κ3) is 1.56. The average molecular weight is 223 g/mol. The Morgan fingerprint density at radius 3 is 2.93 bits per heavy atom. The molecule has 0 aromatic carbocycles. The van der Waals surface area contributed by atoms with Gasteiger partial charge in [0.15, 0.2) is 10.8 Å². The van der Waals surface area contributed by atoms with Crippen molar-refractivity contribution in [2.24, 2.45) is 7.05 Å². The zero-order valence-corrected chi connectivity index (χ0v) is 9.08. The summed E-state index contributed by atoms with van der Waals surface area (Å²) in [4.78, 5) is 19.1. The molecule has 0 aliphatic heterocycles. The minimum atomic E-state index is -0.985. The number of pyridine rings is 1. The summed E-state index contributed by atoms with van der Waals surface area (Å²) in [5, 5.41) is 9.62. The maximum absolute atomic E-state index is 10.7. The van der Waals surface area contributed by atoms with E-state index in [-0.39, 0.29) is 5.56 Å². The highest BCUT2D eigenvalue weighted by atomic mass is 32.2. The molecule has 0 atom stereocenters. The van der Waals surface area contributed by atoms with Crippen molar-refractivity contribution in [1.82, 2.24) is 14.5 Å². The van der Waals surface area contributed by atoms with Crippen LogP contribution in [0.2, 0.25) is 0 Å². The lowest BCUT2D eigenvalue weighted by Gasteiger charge is -1.96. The molecule has 0 unspecified atom stereocenters. The second kappa shape index (κ2) is 3.54. The molecule has 0 amide bonds. The first-order chi connectivity index (χ1) is 7.13. The molecule has 0 fully saturated rings. The topological polar surface area (TPSA) is 68.0 Å². The number of aromatic carboxylic acids is 1. The van der Waals surface area contributed by atoms with E-state index in [0.717, 1.165) is 5.16 Å². The summed E-state index contributed by atoms with van der Waals surface area (Å²) >= 11 is 1.50. The molecule has 6 heteroatoms. The molecule has 0 aliphatic rings. The molecule has 1 N–H and O–H groups in total. The highest BCUT2D eigenvalue weighted by Gasteiger charge is 2.11. The number of carboxylic acid groups (broad SMARTS) is 1. The predicted octanol–water partition coefficient (Wildman–Crippen LogP) is 1.39. The standard InChI is InChI=1S/C9H9N3O2S/c1-12-7-6(11-9(12)15-2)3-5(4-10-7)8(13)14/h3-4H,1-2H3,(H,13,14). The molecule has 5 nitrogen and oxygen atoms in total. The predicted molar refractivity (Wildman–Crippen MR) is 57.2 cm³/mol. The van der Waals surface area contributed by atoms with Gasteiger partial charge in [-0.1, -0.05) is 11.8 Å². The van der Waals surface area contributed by atoms with Gasteiger partial charge in [0.05, 0.1) is 5.56 Å². The number of carbonyl (C=O) groups is 1. The van der Waals surface area contributed by atoms with E-state index in [0.29, 0.717) is 11.2 Å². The first-order valence-corrected chi connectivity index (χ1v) is 5.45. The maximum atomic E-state index is 10.7. The van der Waals surface area contributed by atoms with Gasteiger partial charge in [0.2, 0.25) is 0 Å². The number of fused-ring (bicyclic) bond motifs is 1. The number of carboxylic acids is 1. The lowest BCUT2D eigenvalue weighted by molar-refractivity contribution is 0.0696. The number of aromatic nitrogens is 3. The Labute approximate surface area is 90.1 Å². The molecule has 0 bridgehead atoms. The Bertz CT molecular complexity index is 535. The molecule has 0 saturated heterocycles. The summed E-state index contributed by atoms with van der Waals surface area (Å²) in [5.41, 5.74) is 1.47. The van der Waals surface area contributed by atoms with E-state index in [2.05, 4.69) is 9.97 Å². The van der Waals surface area contributed by atoms with Crippen molar-refractivity contribution >= 4 is 28.9 Å². The number of rotatable bonds is 2. The van der Waals surface area contributed by atoms with Crippen LogP contribution in [0, 0.1) is 0 Å². The van der Waals surface area contributed by atoms with Crippen LogP contribution in [-0.2, 0) is 7.05 Å². The molecule has 2 heterocycles. The maximum Gasteiger partial charge on any atom is 0.337 e. The van der Waals surface area contributed by atoms with Crippen molar-refractivity contribution in [2.75, 3.05) is 6.26 Å². The van der Waals surface area contributed by atoms with Crippen molar-refractivity contribution in [3.05, 3.63) is 17.8 Å². The Morgan fingerprint density at radius 2 is 2.33 bits per heavy atom. The van der Waals surface area contributed by atoms with Crippen molar-refractivity contribution in [2.45, 2.75) is 5.16 Å². The molecule has 0 saturated carbocycles. The van der Waals surface area contributed by atoms with Crippen LogP contribution >= 0.6 is 11.8 Å². The van der Waals surface area contributed by atoms with Gasteiger partial charge in [-0.3, -0.25) is 0 Å². The van der Waals surface area contributed by atoms with Crippen molar-refractivity contribution in [3.63, 3.8) is 0 Å². The zero-order valence-electron chi connectivity index (χ0n) is 8.26. The van der Waals surface area contributed by atoms with E-state index in [1.165, 1.54) is 24.0 Å². The number of hydrogen-bond acceptors (Lipinski definition) is 4. The van der Waals surface area contributed by atoms with Crippen LogP contribution in [-0.4, -0.2) is 31.9 Å². The average Bonchev–Trinajstić information content (AvgIpc) is 2.55. The quantitative estimate of drug-likeness (QED) is 0.779. The molecule has 15 heavy (non-hydrogen) atoms. The third-order valence-corrected chi connectivity index (χ3v) is 2.83.